The lowest BCUT2D eigenvalue weighted by Crippen LogP contribution is -2.34. The first kappa shape index (κ1) is 17.8. The van der Waals surface area contributed by atoms with E-state index in [9.17, 15) is 14.4 Å². The number of fused-ring (bicyclic) bond motifs is 1. The molecule has 3 aromatic rings. The van der Waals surface area contributed by atoms with E-state index in [1.165, 1.54) is 0 Å². The van der Waals surface area contributed by atoms with Gasteiger partial charge in [0, 0.05) is 17.4 Å². The number of hydrogen-bond donors (Lipinski definition) is 2. The number of nitrogens with zero attached hydrogens (tertiary/aromatic N) is 1. The van der Waals surface area contributed by atoms with Crippen LogP contribution in [0.3, 0.4) is 0 Å². The molecule has 0 spiro atoms. The summed E-state index contributed by atoms with van der Waals surface area (Å²) in [5.74, 6) is -1.04. The molecule has 28 heavy (non-hydrogen) atoms. The van der Waals surface area contributed by atoms with Crippen LogP contribution < -0.4 is 10.2 Å². The van der Waals surface area contributed by atoms with Gasteiger partial charge in [-0.25, -0.2) is 9.69 Å². The van der Waals surface area contributed by atoms with Crippen molar-refractivity contribution in [2.75, 3.05) is 16.8 Å². The standard InChI is InChI=1S/C21H19N3O4/c1-2-28-21(27)14-4-7-16(8-5-14)24-19(25)12-18(20(24)26)23-15-6-3-13-9-10-22-17(13)11-15/h3-11,18,22-23H,2,12H2,1H3. The Labute approximate surface area is 161 Å². The molecule has 1 aromatic heterocycles. The largest absolute Gasteiger partial charge is 0.462 e. The Morgan fingerprint density at radius 2 is 1.96 bits per heavy atom. The molecule has 142 valence electrons. The van der Waals surface area contributed by atoms with Crippen LogP contribution in [0, 0.1) is 0 Å². The number of esters is 1. The predicted octanol–water partition coefficient (Wildman–Crippen LogP) is 3.09. The van der Waals surface area contributed by atoms with Gasteiger partial charge < -0.3 is 15.0 Å². The van der Waals surface area contributed by atoms with Crippen LogP contribution in [0.15, 0.2) is 54.7 Å². The normalized spacial score (nSPS) is 16.6. The summed E-state index contributed by atoms with van der Waals surface area (Å²) in [6, 6.07) is 13.3. The molecule has 2 N–H and O–H groups in total. The number of anilines is 2. The lowest BCUT2D eigenvalue weighted by Gasteiger charge is -2.16. The van der Waals surface area contributed by atoms with Gasteiger partial charge >= 0.3 is 5.97 Å². The summed E-state index contributed by atoms with van der Waals surface area (Å²) in [7, 11) is 0. The minimum Gasteiger partial charge on any atom is -0.462 e. The van der Waals surface area contributed by atoms with Gasteiger partial charge in [-0.3, -0.25) is 9.59 Å². The quantitative estimate of drug-likeness (QED) is 0.527. The zero-order valence-corrected chi connectivity index (χ0v) is 15.3. The maximum absolute atomic E-state index is 12.8. The van der Waals surface area contributed by atoms with E-state index < -0.39 is 12.0 Å². The topological polar surface area (TPSA) is 91.5 Å². The Kier molecular flexibility index (Phi) is 4.57. The number of nitrogens with one attached hydrogen (secondary N) is 2. The van der Waals surface area contributed by atoms with E-state index >= 15 is 0 Å². The molecule has 1 fully saturated rings. The average molecular weight is 377 g/mol. The van der Waals surface area contributed by atoms with E-state index in [4.69, 9.17) is 4.74 Å². The number of aromatic nitrogens is 1. The van der Waals surface area contributed by atoms with E-state index in [2.05, 4.69) is 10.3 Å². The van der Waals surface area contributed by atoms with E-state index in [0.29, 0.717) is 11.3 Å². The number of aromatic amines is 1. The van der Waals surface area contributed by atoms with Gasteiger partial charge in [0.2, 0.25) is 5.91 Å². The van der Waals surface area contributed by atoms with Crippen LogP contribution in [0.1, 0.15) is 23.7 Å². The van der Waals surface area contributed by atoms with Crippen LogP contribution in [-0.2, 0) is 14.3 Å². The molecule has 2 aromatic carbocycles. The molecular formula is C21H19N3O4. The molecule has 0 bridgehead atoms. The Morgan fingerprint density at radius 1 is 1.18 bits per heavy atom. The van der Waals surface area contributed by atoms with Gasteiger partial charge in [-0.2, -0.15) is 0 Å². The van der Waals surface area contributed by atoms with Gasteiger partial charge in [-0.15, -0.1) is 0 Å². The van der Waals surface area contributed by atoms with Gasteiger partial charge in [0.25, 0.3) is 5.91 Å². The average Bonchev–Trinajstić information content (AvgIpc) is 3.26. The molecule has 1 unspecified atom stereocenters. The van der Waals surface area contributed by atoms with Gasteiger partial charge in [-0.1, -0.05) is 6.07 Å². The number of carbonyl (C=O) groups excluding carboxylic acids is 3. The van der Waals surface area contributed by atoms with Crippen molar-refractivity contribution in [1.29, 1.82) is 0 Å². The van der Waals surface area contributed by atoms with Crippen molar-refractivity contribution in [3.63, 3.8) is 0 Å². The maximum atomic E-state index is 12.8. The van der Waals surface area contributed by atoms with Crippen molar-refractivity contribution >= 4 is 40.1 Å². The fraction of sp³-hybridized carbons (Fsp3) is 0.190. The number of hydrogen-bond acceptors (Lipinski definition) is 5. The number of H-pyrrole nitrogens is 1. The molecule has 2 amide bonds. The molecule has 7 nitrogen and oxygen atoms in total. The van der Waals surface area contributed by atoms with Crippen molar-refractivity contribution in [2.24, 2.45) is 0 Å². The van der Waals surface area contributed by atoms with Crippen LogP contribution >= 0.6 is 0 Å². The lowest BCUT2D eigenvalue weighted by molar-refractivity contribution is -0.121. The highest BCUT2D eigenvalue weighted by Gasteiger charge is 2.39. The summed E-state index contributed by atoms with van der Waals surface area (Å²) in [4.78, 5) is 41.3. The molecule has 1 atom stereocenters. The van der Waals surface area contributed by atoms with Crippen molar-refractivity contribution in [2.45, 2.75) is 19.4 Å². The van der Waals surface area contributed by atoms with E-state index in [0.717, 1.165) is 21.5 Å². The highest BCUT2D eigenvalue weighted by Crippen LogP contribution is 2.26. The fourth-order valence-electron chi connectivity index (χ4n) is 3.32. The second kappa shape index (κ2) is 7.19. The summed E-state index contributed by atoms with van der Waals surface area (Å²) in [6.45, 7) is 2.01. The second-order valence-corrected chi connectivity index (χ2v) is 6.52. The number of carbonyl (C=O) groups is 3. The minimum atomic E-state index is -0.635. The van der Waals surface area contributed by atoms with Crippen LogP contribution in [0.2, 0.25) is 0 Å². The van der Waals surface area contributed by atoms with Gasteiger partial charge in [0.05, 0.1) is 24.3 Å². The highest BCUT2D eigenvalue weighted by atomic mass is 16.5. The summed E-state index contributed by atoms with van der Waals surface area (Å²) >= 11 is 0. The van der Waals surface area contributed by atoms with Crippen molar-refractivity contribution in [3.05, 3.63) is 60.3 Å². The molecule has 1 aliphatic rings. The van der Waals surface area contributed by atoms with Crippen LogP contribution in [0.4, 0.5) is 11.4 Å². The number of ether oxygens (including phenoxy) is 1. The van der Waals surface area contributed by atoms with Crippen LogP contribution in [0.25, 0.3) is 10.9 Å². The predicted molar refractivity (Wildman–Crippen MR) is 105 cm³/mol. The molecule has 2 heterocycles. The first-order valence-corrected chi connectivity index (χ1v) is 9.04. The molecule has 0 aliphatic carbocycles. The molecule has 4 rings (SSSR count). The van der Waals surface area contributed by atoms with E-state index in [1.54, 1.807) is 31.2 Å². The van der Waals surface area contributed by atoms with Gasteiger partial charge in [-0.05, 0) is 54.8 Å². The first-order valence-electron chi connectivity index (χ1n) is 9.04. The Hall–Kier alpha value is -3.61. The molecule has 0 saturated carbocycles. The molecule has 0 radical (unpaired) electrons. The Morgan fingerprint density at radius 3 is 2.71 bits per heavy atom. The number of amides is 2. The van der Waals surface area contributed by atoms with Crippen LogP contribution in [0.5, 0.6) is 0 Å². The summed E-state index contributed by atoms with van der Waals surface area (Å²) in [6.07, 6.45) is 1.92. The molecular weight excluding hydrogens is 358 g/mol. The Balaban J connectivity index is 1.51. The zero-order valence-electron chi connectivity index (χ0n) is 15.3. The first-order chi connectivity index (χ1) is 13.6. The smallest absolute Gasteiger partial charge is 0.338 e. The number of rotatable bonds is 5. The van der Waals surface area contributed by atoms with E-state index in [1.807, 2.05) is 30.5 Å². The summed E-state index contributed by atoms with van der Waals surface area (Å²) in [5.41, 5.74) is 2.53. The van der Waals surface area contributed by atoms with Crippen molar-refractivity contribution < 1.29 is 19.1 Å². The van der Waals surface area contributed by atoms with Crippen molar-refractivity contribution in [1.82, 2.24) is 4.98 Å². The Bertz CT molecular complexity index is 1050. The molecule has 7 heteroatoms. The zero-order chi connectivity index (χ0) is 19.7. The summed E-state index contributed by atoms with van der Waals surface area (Å²) < 4.78 is 4.94. The minimum absolute atomic E-state index is 0.0707. The highest BCUT2D eigenvalue weighted by molar-refractivity contribution is 6.23. The third kappa shape index (κ3) is 3.22. The van der Waals surface area contributed by atoms with Gasteiger partial charge in [0.15, 0.2) is 0 Å². The lowest BCUT2D eigenvalue weighted by atomic mass is 10.2. The molecule has 1 saturated heterocycles. The van der Waals surface area contributed by atoms with Gasteiger partial charge in [0.1, 0.15) is 6.04 Å². The fourth-order valence-corrected chi connectivity index (χ4v) is 3.32. The van der Waals surface area contributed by atoms with E-state index in [-0.39, 0.29) is 24.8 Å². The number of benzene rings is 2. The SMILES string of the molecule is CCOC(=O)c1ccc(N2C(=O)CC(Nc3ccc4cc[nH]c4c3)C2=O)cc1. The maximum Gasteiger partial charge on any atom is 0.338 e. The summed E-state index contributed by atoms with van der Waals surface area (Å²) in [5, 5.41) is 4.21. The molecule has 1 aliphatic heterocycles. The van der Waals surface area contributed by atoms with Crippen molar-refractivity contribution in [3.8, 4) is 0 Å². The number of imide groups is 1. The third-order valence-electron chi connectivity index (χ3n) is 4.68. The monoisotopic (exact) mass is 377 g/mol. The second-order valence-electron chi connectivity index (χ2n) is 6.52. The third-order valence-corrected chi connectivity index (χ3v) is 4.68. The van der Waals surface area contributed by atoms with Crippen LogP contribution in [-0.4, -0.2) is 35.4 Å².